The molecule has 0 aromatic carbocycles. The number of carbonyl (C=O) groups is 1. The number of aromatic nitrogens is 1. The molecule has 1 fully saturated rings. The molecule has 104 valence electrons. The quantitative estimate of drug-likeness (QED) is 0.857. The Morgan fingerprint density at radius 3 is 2.89 bits per heavy atom. The zero-order chi connectivity index (χ0) is 13.5. The Kier molecular flexibility index (Phi) is 5.19. The molecule has 1 amide bonds. The fourth-order valence-electron chi connectivity index (χ4n) is 2.75. The van der Waals surface area contributed by atoms with Crippen LogP contribution in [0.4, 0.5) is 5.69 Å². The lowest BCUT2D eigenvalue weighted by Crippen LogP contribution is -2.27. The van der Waals surface area contributed by atoms with Crippen molar-refractivity contribution in [2.45, 2.75) is 38.5 Å². The normalized spacial score (nSPS) is 16.1. The van der Waals surface area contributed by atoms with Crippen molar-refractivity contribution < 1.29 is 4.79 Å². The van der Waals surface area contributed by atoms with E-state index in [1.165, 1.54) is 32.1 Å². The maximum atomic E-state index is 12.1. The van der Waals surface area contributed by atoms with Crippen LogP contribution in [0, 0.1) is 5.92 Å². The highest BCUT2D eigenvalue weighted by Crippen LogP contribution is 2.25. The minimum absolute atomic E-state index is 0.0340. The fourth-order valence-corrected chi connectivity index (χ4v) is 2.75. The third kappa shape index (κ3) is 3.94. The van der Waals surface area contributed by atoms with Gasteiger partial charge in [0.1, 0.15) is 0 Å². The molecular formula is C15H23N3O. The number of rotatable bonds is 5. The number of hydrogen-bond donors (Lipinski definition) is 2. The van der Waals surface area contributed by atoms with E-state index in [2.05, 4.69) is 15.6 Å². The minimum Gasteiger partial charge on any atom is -0.387 e. The summed E-state index contributed by atoms with van der Waals surface area (Å²) in [7, 11) is 1.81. The van der Waals surface area contributed by atoms with Gasteiger partial charge in [0.05, 0.1) is 5.56 Å². The van der Waals surface area contributed by atoms with Crippen molar-refractivity contribution in [3.8, 4) is 0 Å². The maximum absolute atomic E-state index is 12.1. The number of anilines is 1. The molecule has 0 spiro atoms. The van der Waals surface area contributed by atoms with E-state index in [0.29, 0.717) is 5.56 Å². The van der Waals surface area contributed by atoms with Crippen molar-refractivity contribution in [2.24, 2.45) is 5.92 Å². The van der Waals surface area contributed by atoms with Gasteiger partial charge in [0.25, 0.3) is 5.91 Å². The van der Waals surface area contributed by atoms with Crippen LogP contribution in [0.25, 0.3) is 0 Å². The lowest BCUT2D eigenvalue weighted by molar-refractivity contribution is 0.0951. The van der Waals surface area contributed by atoms with Crippen molar-refractivity contribution in [1.29, 1.82) is 0 Å². The molecule has 1 aromatic heterocycles. The molecule has 2 rings (SSSR count). The molecule has 1 saturated carbocycles. The van der Waals surface area contributed by atoms with Gasteiger partial charge in [-0.1, -0.05) is 32.1 Å². The average molecular weight is 261 g/mol. The van der Waals surface area contributed by atoms with Crippen LogP contribution in [0.15, 0.2) is 18.5 Å². The zero-order valence-corrected chi connectivity index (χ0v) is 11.6. The molecule has 2 N–H and O–H groups in total. The molecule has 1 aliphatic rings. The summed E-state index contributed by atoms with van der Waals surface area (Å²) in [5.74, 6) is 0.764. The van der Waals surface area contributed by atoms with Gasteiger partial charge >= 0.3 is 0 Å². The van der Waals surface area contributed by atoms with Crippen molar-refractivity contribution in [1.82, 2.24) is 10.3 Å². The first-order chi connectivity index (χ1) is 9.31. The number of amides is 1. The van der Waals surface area contributed by atoms with E-state index >= 15 is 0 Å². The number of pyridine rings is 1. The van der Waals surface area contributed by atoms with E-state index < -0.39 is 0 Å². The summed E-state index contributed by atoms with van der Waals surface area (Å²) < 4.78 is 0. The number of nitrogens with zero attached hydrogens (tertiary/aromatic N) is 1. The van der Waals surface area contributed by atoms with Gasteiger partial charge in [-0.05, 0) is 18.4 Å². The smallest absolute Gasteiger partial charge is 0.254 e. The first kappa shape index (κ1) is 13.8. The van der Waals surface area contributed by atoms with E-state index in [4.69, 9.17) is 0 Å². The lowest BCUT2D eigenvalue weighted by Gasteiger charge is -2.21. The predicted molar refractivity (Wildman–Crippen MR) is 77.3 cm³/mol. The molecule has 4 nitrogen and oxygen atoms in total. The lowest BCUT2D eigenvalue weighted by atomic mass is 9.87. The Morgan fingerprint density at radius 2 is 2.16 bits per heavy atom. The highest BCUT2D eigenvalue weighted by atomic mass is 16.1. The topological polar surface area (TPSA) is 54.0 Å². The monoisotopic (exact) mass is 261 g/mol. The second-order valence-electron chi connectivity index (χ2n) is 5.22. The van der Waals surface area contributed by atoms with Crippen LogP contribution in [-0.2, 0) is 0 Å². The third-order valence-corrected chi connectivity index (χ3v) is 3.90. The molecular weight excluding hydrogens is 238 g/mol. The summed E-state index contributed by atoms with van der Waals surface area (Å²) in [4.78, 5) is 16.1. The molecule has 4 heteroatoms. The number of nitrogens with one attached hydrogen (secondary N) is 2. The largest absolute Gasteiger partial charge is 0.387 e. The van der Waals surface area contributed by atoms with Crippen molar-refractivity contribution >= 4 is 11.6 Å². The molecule has 0 saturated heterocycles. The van der Waals surface area contributed by atoms with Gasteiger partial charge in [-0.2, -0.15) is 0 Å². The summed E-state index contributed by atoms with van der Waals surface area (Å²) in [6.07, 6.45) is 11.1. The molecule has 0 aliphatic heterocycles. The van der Waals surface area contributed by atoms with E-state index in [1.807, 2.05) is 13.1 Å². The predicted octanol–water partition coefficient (Wildman–Crippen LogP) is 2.82. The van der Waals surface area contributed by atoms with E-state index in [0.717, 1.165) is 24.6 Å². The Balaban J connectivity index is 1.80. The summed E-state index contributed by atoms with van der Waals surface area (Å²) in [6, 6.07) is 1.82. The summed E-state index contributed by atoms with van der Waals surface area (Å²) in [5.41, 5.74) is 1.44. The van der Waals surface area contributed by atoms with E-state index in [1.54, 1.807) is 12.4 Å². The molecule has 0 unspecified atom stereocenters. The number of hydrogen-bond acceptors (Lipinski definition) is 3. The summed E-state index contributed by atoms with van der Waals surface area (Å²) in [5, 5.41) is 6.02. The van der Waals surface area contributed by atoms with Crippen LogP contribution in [0.1, 0.15) is 48.9 Å². The Hall–Kier alpha value is -1.58. The molecule has 1 aromatic rings. The van der Waals surface area contributed by atoms with Crippen LogP contribution in [0.5, 0.6) is 0 Å². The van der Waals surface area contributed by atoms with Crippen LogP contribution >= 0.6 is 0 Å². The van der Waals surface area contributed by atoms with Gasteiger partial charge < -0.3 is 10.6 Å². The fraction of sp³-hybridized carbons (Fsp3) is 0.600. The van der Waals surface area contributed by atoms with Gasteiger partial charge in [0.2, 0.25) is 0 Å². The Bertz CT molecular complexity index is 414. The van der Waals surface area contributed by atoms with Crippen LogP contribution in [0.3, 0.4) is 0 Å². The van der Waals surface area contributed by atoms with E-state index in [9.17, 15) is 4.79 Å². The third-order valence-electron chi connectivity index (χ3n) is 3.90. The van der Waals surface area contributed by atoms with Gasteiger partial charge in [-0.3, -0.25) is 9.78 Å². The molecule has 1 aliphatic carbocycles. The second-order valence-corrected chi connectivity index (χ2v) is 5.22. The highest BCUT2D eigenvalue weighted by molar-refractivity contribution is 5.99. The molecule has 1 heterocycles. The maximum Gasteiger partial charge on any atom is 0.254 e. The average Bonchev–Trinajstić information content (AvgIpc) is 2.48. The molecule has 19 heavy (non-hydrogen) atoms. The van der Waals surface area contributed by atoms with Crippen LogP contribution in [0.2, 0.25) is 0 Å². The molecule has 0 radical (unpaired) electrons. The summed E-state index contributed by atoms with van der Waals surface area (Å²) >= 11 is 0. The highest BCUT2D eigenvalue weighted by Gasteiger charge is 2.14. The van der Waals surface area contributed by atoms with Crippen molar-refractivity contribution in [3.05, 3.63) is 24.0 Å². The van der Waals surface area contributed by atoms with Gasteiger partial charge in [-0.15, -0.1) is 0 Å². The zero-order valence-electron chi connectivity index (χ0n) is 11.6. The second kappa shape index (κ2) is 7.12. The van der Waals surface area contributed by atoms with Crippen molar-refractivity contribution in [2.75, 3.05) is 18.9 Å². The Morgan fingerprint density at radius 1 is 1.37 bits per heavy atom. The summed E-state index contributed by atoms with van der Waals surface area (Å²) in [6.45, 7) is 0.765. The first-order valence-electron chi connectivity index (χ1n) is 7.21. The minimum atomic E-state index is -0.0340. The van der Waals surface area contributed by atoms with E-state index in [-0.39, 0.29) is 5.91 Å². The SMILES string of the molecule is CNc1ccncc1C(=O)NCCC1CCCCC1. The van der Waals surface area contributed by atoms with Crippen LogP contribution < -0.4 is 10.6 Å². The van der Waals surface area contributed by atoms with Gasteiger partial charge in [0.15, 0.2) is 0 Å². The number of carbonyl (C=O) groups excluding carboxylic acids is 1. The van der Waals surface area contributed by atoms with Crippen LogP contribution in [-0.4, -0.2) is 24.5 Å². The van der Waals surface area contributed by atoms with Crippen molar-refractivity contribution in [3.63, 3.8) is 0 Å². The first-order valence-corrected chi connectivity index (χ1v) is 7.21. The van der Waals surface area contributed by atoms with Gasteiger partial charge in [-0.25, -0.2) is 0 Å². The molecule has 0 atom stereocenters. The Labute approximate surface area is 115 Å². The molecule has 0 bridgehead atoms. The standard InChI is InChI=1S/C15H23N3O/c1-16-14-8-9-17-11-13(14)15(19)18-10-7-12-5-3-2-4-6-12/h8-9,11-12H,2-7,10H2,1H3,(H,16,17)(H,18,19). The van der Waals surface area contributed by atoms with Gasteiger partial charge in [0, 0.05) is 31.7 Å².